The van der Waals surface area contributed by atoms with E-state index in [1.165, 1.54) is 34.3 Å². The molecule has 1 N–H and O–H groups in total. The van der Waals surface area contributed by atoms with Crippen LogP contribution in [0.4, 0.5) is 19.0 Å². The number of nitrogens with one attached hydrogen (secondary N) is 1. The lowest BCUT2D eigenvalue weighted by Crippen LogP contribution is -2.70. The first-order valence-corrected chi connectivity index (χ1v) is 15.6. The van der Waals surface area contributed by atoms with Crippen LogP contribution in [-0.2, 0) is 27.4 Å². The number of hydrogen-bond acceptors (Lipinski definition) is 11. The van der Waals surface area contributed by atoms with Crippen molar-refractivity contribution < 1.29 is 35.9 Å². The number of anilines is 1. The Morgan fingerprint density at radius 3 is 2.58 bits per heavy atom. The molecule has 0 radical (unpaired) electrons. The average Bonchev–Trinajstić information content (AvgIpc) is 3.54. The molecule has 1 atom stereocenters. The Hall–Kier alpha value is -4.22. The van der Waals surface area contributed by atoms with Gasteiger partial charge in [0.05, 0.1) is 18.7 Å². The van der Waals surface area contributed by atoms with Crippen molar-refractivity contribution in [3.05, 3.63) is 66.9 Å². The number of piperazine rings is 1. The molecule has 0 saturated carbocycles. The molecular weight excluding hydrogens is 617 g/mol. The summed E-state index contributed by atoms with van der Waals surface area (Å²) in [5.74, 6) is -0.358. The molecule has 45 heavy (non-hydrogen) atoms. The molecule has 0 aliphatic carbocycles. The molecule has 0 spiro atoms. The van der Waals surface area contributed by atoms with Crippen molar-refractivity contribution in [3.63, 3.8) is 0 Å². The monoisotopic (exact) mass is 650 g/mol. The maximum absolute atomic E-state index is 14.0. The van der Waals surface area contributed by atoms with Gasteiger partial charge in [0.25, 0.3) is 0 Å². The van der Waals surface area contributed by atoms with Gasteiger partial charge in [-0.15, -0.1) is 6.58 Å². The highest BCUT2D eigenvalue weighted by Gasteiger charge is 2.54. The highest BCUT2D eigenvalue weighted by molar-refractivity contribution is 7.92. The molecule has 1 saturated heterocycles. The first-order valence-electron chi connectivity index (χ1n) is 14.0. The van der Waals surface area contributed by atoms with Gasteiger partial charge < -0.3 is 19.7 Å². The van der Waals surface area contributed by atoms with Crippen LogP contribution >= 0.6 is 0 Å². The summed E-state index contributed by atoms with van der Waals surface area (Å²) in [6, 6.07) is 6.00. The summed E-state index contributed by atoms with van der Waals surface area (Å²) in [5, 5.41) is 5.91. The fourth-order valence-electron chi connectivity index (χ4n) is 5.40. The zero-order valence-corrected chi connectivity index (χ0v) is 25.5. The second-order valence-electron chi connectivity index (χ2n) is 10.7. The highest BCUT2D eigenvalue weighted by Crippen LogP contribution is 2.37. The summed E-state index contributed by atoms with van der Waals surface area (Å²) < 4.78 is 82.3. The third-order valence-corrected chi connectivity index (χ3v) is 9.79. The van der Waals surface area contributed by atoms with Crippen LogP contribution in [0.3, 0.4) is 0 Å². The van der Waals surface area contributed by atoms with Crippen LogP contribution in [0.2, 0.25) is 0 Å². The third-order valence-electron chi connectivity index (χ3n) is 7.47. The number of benzene rings is 1. The largest absolute Gasteiger partial charge is 0.486 e. The van der Waals surface area contributed by atoms with E-state index < -0.39 is 44.7 Å². The summed E-state index contributed by atoms with van der Waals surface area (Å²) in [5.41, 5.74) is -0.499. The van der Waals surface area contributed by atoms with Crippen molar-refractivity contribution in [2.45, 2.75) is 24.0 Å². The number of carbonyl (C=O) groups is 1. The van der Waals surface area contributed by atoms with Gasteiger partial charge in [-0.25, -0.2) is 28.4 Å². The first-order chi connectivity index (χ1) is 21.3. The number of ether oxygens (including phenoxy) is 2. The summed E-state index contributed by atoms with van der Waals surface area (Å²) in [4.78, 5) is 24.9. The number of alkyl halides is 3. The van der Waals surface area contributed by atoms with Gasteiger partial charge in [-0.3, -0.25) is 9.36 Å². The topological polar surface area (TPSA) is 135 Å². The van der Waals surface area contributed by atoms with Crippen LogP contribution < -0.4 is 19.7 Å². The minimum absolute atomic E-state index is 0.0601. The van der Waals surface area contributed by atoms with Gasteiger partial charge in [-0.1, -0.05) is 12.1 Å². The number of rotatable bonds is 10. The first kappa shape index (κ1) is 32.2. The molecular formula is C28H33F3N8O5S. The van der Waals surface area contributed by atoms with Crippen molar-refractivity contribution in [2.75, 3.05) is 57.6 Å². The molecule has 1 fully saturated rings. The standard InChI is InChI=1S/C28H33F3N8O5S/c1-4-13-45(41,42)27(16-25(40)33-17-20-5-6-21-22(14-20)44-12-11-43-21)18-37(9-10-39(27)36(2)3)24-15-23(28(29,30)31)34-26(35-24)38-8-7-32-19-38/h4-8,14-15,19H,1,9-13,16-18H2,2-3H3,(H,33,40). The molecule has 0 bridgehead atoms. The van der Waals surface area contributed by atoms with Gasteiger partial charge >= 0.3 is 6.18 Å². The maximum atomic E-state index is 14.0. The van der Waals surface area contributed by atoms with Gasteiger partial charge in [0.2, 0.25) is 11.9 Å². The number of hydrogen-bond donors (Lipinski definition) is 1. The number of fused-ring (bicyclic) bond motifs is 1. The van der Waals surface area contributed by atoms with E-state index in [0.29, 0.717) is 30.3 Å². The van der Waals surface area contributed by atoms with Gasteiger partial charge in [0.1, 0.15) is 25.4 Å². The fourth-order valence-corrected chi connectivity index (χ4v) is 7.30. The van der Waals surface area contributed by atoms with E-state index in [9.17, 15) is 26.4 Å². The van der Waals surface area contributed by atoms with Crippen molar-refractivity contribution in [1.82, 2.24) is 34.9 Å². The summed E-state index contributed by atoms with van der Waals surface area (Å²) >= 11 is 0. The fraction of sp³-hybridized carbons (Fsp3) is 0.429. The second kappa shape index (κ2) is 12.6. The Bertz CT molecular complexity index is 1650. The van der Waals surface area contributed by atoms with Crippen LogP contribution in [0.15, 0.2) is 55.6 Å². The molecule has 13 nitrogen and oxygen atoms in total. The van der Waals surface area contributed by atoms with Crippen LogP contribution in [0.25, 0.3) is 5.95 Å². The lowest BCUT2D eigenvalue weighted by atomic mass is 10.1. The molecule has 242 valence electrons. The van der Waals surface area contributed by atoms with Crippen LogP contribution in [0.5, 0.6) is 11.5 Å². The van der Waals surface area contributed by atoms with Gasteiger partial charge in [-0.05, 0) is 17.7 Å². The molecule has 2 aromatic heterocycles. The Morgan fingerprint density at radius 2 is 1.91 bits per heavy atom. The maximum Gasteiger partial charge on any atom is 0.433 e. The minimum atomic E-state index is -4.81. The van der Waals surface area contributed by atoms with Crippen LogP contribution in [0, 0.1) is 0 Å². The van der Waals surface area contributed by atoms with E-state index in [2.05, 4.69) is 26.8 Å². The van der Waals surface area contributed by atoms with Crippen molar-refractivity contribution in [3.8, 4) is 17.4 Å². The number of nitrogens with zero attached hydrogens (tertiary/aromatic N) is 7. The van der Waals surface area contributed by atoms with E-state index in [4.69, 9.17) is 9.47 Å². The second-order valence-corrected chi connectivity index (χ2v) is 13.0. The predicted molar refractivity (Wildman–Crippen MR) is 157 cm³/mol. The quantitative estimate of drug-likeness (QED) is 0.323. The van der Waals surface area contributed by atoms with E-state index >= 15 is 0 Å². The Kier molecular flexibility index (Phi) is 9.04. The van der Waals surface area contributed by atoms with Crippen LogP contribution in [-0.4, -0.2) is 101 Å². The predicted octanol–water partition coefficient (Wildman–Crippen LogP) is 2.05. The highest BCUT2D eigenvalue weighted by atomic mass is 32.2. The molecule has 5 rings (SSSR count). The van der Waals surface area contributed by atoms with E-state index in [1.807, 2.05) is 0 Å². The van der Waals surface area contributed by atoms with Gasteiger partial charge in [0.15, 0.2) is 31.9 Å². The number of hydrazine groups is 1. The van der Waals surface area contributed by atoms with Gasteiger partial charge in [0, 0.05) is 52.2 Å². The minimum Gasteiger partial charge on any atom is -0.486 e. The summed E-state index contributed by atoms with van der Waals surface area (Å²) in [6.07, 6.45) is -0.0787. The number of aromatic nitrogens is 4. The number of amides is 1. The lowest BCUT2D eigenvalue weighted by molar-refractivity contribution is -0.141. The molecule has 1 amide bonds. The third kappa shape index (κ3) is 6.74. The zero-order valence-electron chi connectivity index (χ0n) is 24.7. The smallest absolute Gasteiger partial charge is 0.433 e. The Labute approximate surface area is 258 Å². The van der Waals surface area contributed by atoms with E-state index in [0.717, 1.165) is 6.07 Å². The Balaban J connectivity index is 1.49. The number of imidazole rings is 1. The number of carbonyl (C=O) groups excluding carboxylic acids is 1. The van der Waals surface area contributed by atoms with Crippen molar-refractivity contribution >= 4 is 21.6 Å². The van der Waals surface area contributed by atoms with E-state index in [-0.39, 0.29) is 37.9 Å². The molecule has 2 aliphatic rings. The van der Waals surface area contributed by atoms with E-state index in [1.54, 1.807) is 42.3 Å². The normalized spacial score (nSPS) is 19.0. The molecule has 1 aromatic carbocycles. The number of halogens is 3. The molecule has 2 aliphatic heterocycles. The molecule has 4 heterocycles. The molecule has 3 aromatic rings. The van der Waals surface area contributed by atoms with Crippen molar-refractivity contribution in [2.24, 2.45) is 0 Å². The molecule has 17 heteroatoms. The lowest BCUT2D eigenvalue weighted by Gasteiger charge is -2.52. The Morgan fingerprint density at radius 1 is 1.16 bits per heavy atom. The van der Waals surface area contributed by atoms with Gasteiger partial charge in [-0.2, -0.15) is 18.2 Å². The number of sulfone groups is 1. The summed E-state index contributed by atoms with van der Waals surface area (Å²) in [7, 11) is -0.879. The SMILES string of the molecule is C=CCS(=O)(=O)C1(CC(=O)NCc2ccc3c(c2)OCCO3)CN(c2cc(C(F)(F)F)nc(-n3ccnc3)n2)CCN1N(C)C. The summed E-state index contributed by atoms with van der Waals surface area (Å²) in [6.45, 7) is 4.29. The molecule has 1 unspecified atom stereocenters. The van der Waals surface area contributed by atoms with Crippen LogP contribution in [0.1, 0.15) is 17.7 Å². The zero-order chi connectivity index (χ0) is 32.4. The van der Waals surface area contributed by atoms with Crippen molar-refractivity contribution in [1.29, 1.82) is 0 Å². The average molecular weight is 651 g/mol.